The van der Waals surface area contributed by atoms with Gasteiger partial charge in [-0.05, 0) is 88.0 Å². The van der Waals surface area contributed by atoms with Crippen molar-refractivity contribution in [2.75, 3.05) is 0 Å². The van der Waals surface area contributed by atoms with Crippen molar-refractivity contribution in [3.05, 3.63) is 116 Å². The molecule has 1 aromatic rings. The number of nitrogens with one attached hydrogen (secondary N) is 1. The summed E-state index contributed by atoms with van der Waals surface area (Å²) in [5.41, 5.74) is 5.60. The van der Waals surface area contributed by atoms with Crippen LogP contribution in [0.2, 0.25) is 0 Å². The van der Waals surface area contributed by atoms with E-state index in [-0.39, 0.29) is 34.2 Å². The zero-order valence-corrected chi connectivity index (χ0v) is 19.4. The topological polar surface area (TPSA) is 29.1 Å². The molecule has 1 N–H and O–H groups in total. The molecule has 0 spiro atoms. The second-order valence-electron chi connectivity index (χ2n) is 9.06. The predicted octanol–water partition coefficient (Wildman–Crippen LogP) is 5.62. The average molecular weight is 451 g/mol. The van der Waals surface area contributed by atoms with Crippen LogP contribution in [0.3, 0.4) is 0 Å². The zero-order valence-electron chi connectivity index (χ0n) is 18.3. The molecule has 0 amide bonds. The van der Waals surface area contributed by atoms with Crippen molar-refractivity contribution in [2.45, 2.75) is 33.6 Å². The van der Waals surface area contributed by atoms with Crippen molar-refractivity contribution in [3.63, 3.8) is 0 Å². The third kappa shape index (κ3) is 5.93. The van der Waals surface area contributed by atoms with E-state index >= 15 is 0 Å². The van der Waals surface area contributed by atoms with Crippen LogP contribution in [0.1, 0.15) is 37.8 Å². The first-order valence-corrected chi connectivity index (χ1v) is 10.6. The number of carbonyl (C=O) groups is 1. The zero-order chi connectivity index (χ0) is 21.1. The molecule has 0 saturated heterocycles. The Hall–Kier alpha value is -1.31. The molecule has 1 atom stereocenters. The Morgan fingerprint density at radius 3 is 2.03 bits per heavy atom. The number of carbonyl (C=O) groups excluding carboxylic acids is 1. The van der Waals surface area contributed by atoms with E-state index in [9.17, 15) is 4.79 Å². The smallest absolute Gasteiger partial charge is 0.358 e. The normalized spacial score (nSPS) is 25.1. The summed E-state index contributed by atoms with van der Waals surface area (Å²) in [6.07, 6.45) is 22.1. The van der Waals surface area contributed by atoms with Crippen molar-refractivity contribution in [1.82, 2.24) is 5.32 Å². The van der Waals surface area contributed by atoms with E-state index in [4.69, 9.17) is 0 Å². The summed E-state index contributed by atoms with van der Waals surface area (Å²) in [6.45, 7) is 6.46. The monoisotopic (exact) mass is 451 g/mol. The van der Waals surface area contributed by atoms with Crippen molar-refractivity contribution in [3.8, 4) is 0 Å². The summed E-state index contributed by atoms with van der Waals surface area (Å²) in [4.78, 5) is 12.9. The van der Waals surface area contributed by atoms with E-state index in [0.29, 0.717) is 6.42 Å². The summed E-state index contributed by atoms with van der Waals surface area (Å²) in [5, 5.41) is 3.59. The second kappa shape index (κ2) is 10.5. The molecule has 0 bridgehead atoms. The fourth-order valence-corrected chi connectivity index (χ4v) is 4.34. The molecular weight excluding hydrogens is 422 g/mol. The molecule has 2 fully saturated rings. The Morgan fingerprint density at radius 1 is 0.871 bits per heavy atom. The minimum atomic E-state index is 0. The van der Waals surface area contributed by atoms with Crippen molar-refractivity contribution in [1.29, 1.82) is 0 Å². The number of benzene rings is 1. The fourth-order valence-electron chi connectivity index (χ4n) is 4.34. The number of aryl methyl sites for hydroxylation is 1. The summed E-state index contributed by atoms with van der Waals surface area (Å²) in [6, 6.07) is 8.57. The van der Waals surface area contributed by atoms with Gasteiger partial charge in [-0.15, -0.1) is 0 Å². The van der Waals surface area contributed by atoms with Gasteiger partial charge in [0.05, 0.1) is 0 Å². The van der Waals surface area contributed by atoms with Gasteiger partial charge in [0.1, 0.15) is 0 Å². The first kappa shape index (κ1) is 24.3. The third-order valence-corrected chi connectivity index (χ3v) is 5.82. The first-order valence-electron chi connectivity index (χ1n) is 10.6. The van der Waals surface area contributed by atoms with E-state index in [1.165, 1.54) is 17.0 Å². The number of hydrogen-bond acceptors (Lipinski definition) is 2. The molecule has 158 valence electrons. The maximum atomic E-state index is 12.9. The molecule has 3 aliphatic carbocycles. The van der Waals surface area contributed by atoms with E-state index in [1.54, 1.807) is 0 Å². The molecule has 4 aliphatic rings. The summed E-state index contributed by atoms with van der Waals surface area (Å²) in [7, 11) is 0. The molecule has 1 heterocycles. The molecule has 3 heteroatoms. The van der Waals surface area contributed by atoms with Crippen LogP contribution in [-0.2, 0) is 21.9 Å². The number of ketones is 1. The van der Waals surface area contributed by atoms with E-state index in [1.807, 2.05) is 44.9 Å². The number of dihydropyridines is 1. The number of allylic oxidation sites excluding steroid dienone is 3. The van der Waals surface area contributed by atoms with Crippen LogP contribution in [0.5, 0.6) is 0 Å². The van der Waals surface area contributed by atoms with Gasteiger partial charge in [0, 0.05) is 29.3 Å². The molecule has 31 heavy (non-hydrogen) atoms. The molecule has 2 saturated carbocycles. The Morgan fingerprint density at radius 2 is 1.45 bits per heavy atom. The summed E-state index contributed by atoms with van der Waals surface area (Å²) >= 11 is 0. The van der Waals surface area contributed by atoms with Crippen LogP contribution < -0.4 is 5.32 Å². The van der Waals surface area contributed by atoms with Gasteiger partial charge in [-0.1, -0.05) is 49.8 Å². The standard InChI is InChI=1S/C23H24NO.C5H5.Fe/c1-15-8-10-17(11-9-15)19-12-18(16-6-4-5-7-16)22-20(24-19)13-23(2,3)14-21(22)25;1-2-4-5-3-1;/h4-12,18,24H,13-14H2,1-3H3;1-5H;/q;;+2. The van der Waals surface area contributed by atoms with E-state index < -0.39 is 0 Å². The maximum Gasteiger partial charge on any atom is 2.00 e. The number of Topliss-reactive ketones (excluding diaryl/α,β-unsaturated/α-hetero) is 1. The molecular formula is C28H29FeNO+2. The van der Waals surface area contributed by atoms with Crippen LogP contribution in [0.15, 0.2) is 41.6 Å². The van der Waals surface area contributed by atoms with Crippen LogP contribution in [0.4, 0.5) is 0 Å². The van der Waals surface area contributed by atoms with Gasteiger partial charge in [0.2, 0.25) is 0 Å². The van der Waals surface area contributed by atoms with E-state index in [0.717, 1.165) is 23.4 Å². The van der Waals surface area contributed by atoms with Crippen molar-refractivity contribution in [2.24, 2.45) is 11.3 Å². The Kier molecular flexibility index (Phi) is 8.27. The largest absolute Gasteiger partial charge is 2.00 e. The van der Waals surface area contributed by atoms with Gasteiger partial charge in [-0.3, -0.25) is 4.79 Å². The Bertz CT molecular complexity index is 815. The third-order valence-electron chi connectivity index (χ3n) is 5.82. The molecule has 0 aromatic heterocycles. The van der Waals surface area contributed by atoms with Crippen LogP contribution in [0, 0.1) is 82.0 Å². The van der Waals surface area contributed by atoms with Gasteiger partial charge >= 0.3 is 17.1 Å². The Balaban J connectivity index is 0.000000401. The molecule has 5 rings (SSSR count). The first-order chi connectivity index (χ1) is 14.4. The fraction of sp³-hybridized carbons (Fsp3) is 0.250. The maximum absolute atomic E-state index is 12.9. The Labute approximate surface area is 199 Å². The van der Waals surface area contributed by atoms with Gasteiger partial charge in [-0.2, -0.15) is 0 Å². The molecule has 2 nitrogen and oxygen atoms in total. The molecule has 1 unspecified atom stereocenters. The van der Waals surface area contributed by atoms with E-state index in [2.05, 4.69) is 69.3 Å². The van der Waals surface area contributed by atoms with Gasteiger partial charge in [0.25, 0.3) is 0 Å². The molecule has 1 aliphatic heterocycles. The predicted molar refractivity (Wildman–Crippen MR) is 123 cm³/mol. The second-order valence-corrected chi connectivity index (χ2v) is 9.06. The van der Waals surface area contributed by atoms with Gasteiger partial charge in [-0.25, -0.2) is 0 Å². The van der Waals surface area contributed by atoms with Crippen LogP contribution >= 0.6 is 0 Å². The number of rotatable bonds is 2. The minimum Gasteiger partial charge on any atom is -0.358 e. The molecule has 1 aromatic carbocycles. The van der Waals surface area contributed by atoms with Gasteiger partial charge < -0.3 is 5.32 Å². The minimum absolute atomic E-state index is 0. The SMILES string of the molecule is Cc1ccc(C2=CC([C]3[CH][CH][CH][CH]3)C3=C(CC(C)(C)CC3=O)N2)cc1.[CH]1[CH][CH][CH][CH]1.[Fe+2]. The summed E-state index contributed by atoms with van der Waals surface area (Å²) < 4.78 is 0. The quantitative estimate of drug-likeness (QED) is 0.592. The average Bonchev–Trinajstić information content (AvgIpc) is 3.43. The van der Waals surface area contributed by atoms with Gasteiger partial charge in [0.15, 0.2) is 5.78 Å². The van der Waals surface area contributed by atoms with Crippen molar-refractivity contribution >= 4 is 11.5 Å². The van der Waals surface area contributed by atoms with Crippen LogP contribution in [0.25, 0.3) is 5.70 Å². The number of hydrogen-bond donors (Lipinski definition) is 1. The van der Waals surface area contributed by atoms with Crippen molar-refractivity contribution < 1.29 is 21.9 Å². The van der Waals surface area contributed by atoms with Crippen LogP contribution in [-0.4, -0.2) is 5.78 Å². The molecule has 10 radical (unpaired) electrons. The summed E-state index contributed by atoms with van der Waals surface area (Å²) in [5.74, 6) is 1.53.